The molecule has 0 unspecified atom stereocenters. The van der Waals surface area contributed by atoms with Crippen molar-refractivity contribution in [1.82, 2.24) is 9.97 Å². The van der Waals surface area contributed by atoms with Crippen molar-refractivity contribution >= 4 is 16.8 Å². The molecule has 3 aromatic rings. The maximum absolute atomic E-state index is 13.9. The minimum Gasteiger partial charge on any atom is -0.508 e. The molecule has 0 bridgehead atoms. The van der Waals surface area contributed by atoms with Gasteiger partial charge in [0.1, 0.15) is 12.4 Å². The van der Waals surface area contributed by atoms with Crippen molar-refractivity contribution in [1.29, 1.82) is 0 Å². The summed E-state index contributed by atoms with van der Waals surface area (Å²) >= 11 is 0. The van der Waals surface area contributed by atoms with E-state index in [-0.39, 0.29) is 18.1 Å². The molecule has 0 saturated carbocycles. The number of halogens is 2. The SMILES string of the molecule is COCCOc1cnc2ccc(C(=O)c3cc(O)cc(F)c3F)cc2n1. The van der Waals surface area contributed by atoms with Crippen LogP contribution >= 0.6 is 0 Å². The summed E-state index contributed by atoms with van der Waals surface area (Å²) in [6, 6.07) is 5.83. The molecule has 1 aromatic heterocycles. The third-order valence-corrected chi connectivity index (χ3v) is 3.58. The van der Waals surface area contributed by atoms with E-state index in [9.17, 15) is 18.7 Å². The Morgan fingerprint density at radius 2 is 1.96 bits per heavy atom. The molecule has 0 radical (unpaired) electrons. The third kappa shape index (κ3) is 3.60. The second kappa shape index (κ2) is 7.40. The van der Waals surface area contributed by atoms with E-state index in [4.69, 9.17) is 9.47 Å². The van der Waals surface area contributed by atoms with Crippen LogP contribution in [0.3, 0.4) is 0 Å². The maximum Gasteiger partial charge on any atom is 0.232 e. The summed E-state index contributed by atoms with van der Waals surface area (Å²) in [6.45, 7) is 0.656. The number of nitrogens with zero attached hydrogens (tertiary/aromatic N) is 2. The number of carbonyl (C=O) groups excluding carboxylic acids is 1. The van der Waals surface area contributed by atoms with Gasteiger partial charge in [-0.3, -0.25) is 4.79 Å². The molecule has 26 heavy (non-hydrogen) atoms. The molecular weight excluding hydrogens is 346 g/mol. The Labute approximate surface area is 147 Å². The lowest BCUT2D eigenvalue weighted by atomic mass is 10.0. The van der Waals surface area contributed by atoms with E-state index in [0.29, 0.717) is 23.7 Å². The second-order valence-corrected chi connectivity index (χ2v) is 5.37. The monoisotopic (exact) mass is 360 g/mol. The van der Waals surface area contributed by atoms with Gasteiger partial charge in [-0.2, -0.15) is 0 Å². The highest BCUT2D eigenvalue weighted by molar-refractivity contribution is 6.10. The molecule has 8 heteroatoms. The van der Waals surface area contributed by atoms with Gasteiger partial charge in [-0.15, -0.1) is 0 Å². The summed E-state index contributed by atoms with van der Waals surface area (Å²) in [5, 5.41) is 9.42. The lowest BCUT2D eigenvalue weighted by Crippen LogP contribution is -2.07. The van der Waals surface area contributed by atoms with E-state index in [0.717, 1.165) is 6.07 Å². The average Bonchev–Trinajstić information content (AvgIpc) is 2.63. The molecular formula is C18H14F2N2O4. The molecule has 0 aliphatic rings. The van der Waals surface area contributed by atoms with Crippen molar-refractivity contribution < 1.29 is 28.2 Å². The molecule has 1 N–H and O–H groups in total. The number of phenolic OH excluding ortho intramolecular Hbond substituents is 1. The molecule has 0 aliphatic heterocycles. The summed E-state index contributed by atoms with van der Waals surface area (Å²) in [6.07, 6.45) is 1.43. The second-order valence-electron chi connectivity index (χ2n) is 5.37. The van der Waals surface area contributed by atoms with Gasteiger partial charge in [0.05, 0.1) is 29.4 Å². The number of hydrogen-bond acceptors (Lipinski definition) is 6. The molecule has 0 fully saturated rings. The largest absolute Gasteiger partial charge is 0.508 e. The summed E-state index contributed by atoms with van der Waals surface area (Å²) in [5.74, 6) is -3.71. The molecule has 6 nitrogen and oxygen atoms in total. The Bertz CT molecular complexity index is 979. The normalized spacial score (nSPS) is 10.9. The van der Waals surface area contributed by atoms with Crippen LogP contribution in [0.15, 0.2) is 36.5 Å². The first kappa shape index (κ1) is 17.7. The van der Waals surface area contributed by atoms with Gasteiger partial charge in [0.25, 0.3) is 0 Å². The number of aromatic hydroxyl groups is 1. The number of ether oxygens (including phenoxy) is 2. The molecule has 3 rings (SSSR count). The van der Waals surface area contributed by atoms with E-state index in [1.807, 2.05) is 0 Å². The van der Waals surface area contributed by atoms with Crippen molar-refractivity contribution in [2.75, 3.05) is 20.3 Å². The van der Waals surface area contributed by atoms with E-state index >= 15 is 0 Å². The van der Waals surface area contributed by atoms with E-state index < -0.39 is 28.7 Å². The van der Waals surface area contributed by atoms with Crippen molar-refractivity contribution in [2.45, 2.75) is 0 Å². The highest BCUT2D eigenvalue weighted by atomic mass is 19.2. The number of rotatable bonds is 6. The fraction of sp³-hybridized carbons (Fsp3) is 0.167. The first-order valence-corrected chi connectivity index (χ1v) is 7.61. The van der Waals surface area contributed by atoms with Crippen molar-refractivity contribution in [3.63, 3.8) is 0 Å². The first-order valence-electron chi connectivity index (χ1n) is 7.61. The summed E-state index contributed by atoms with van der Waals surface area (Å²) in [5.41, 5.74) is 0.363. The van der Waals surface area contributed by atoms with Gasteiger partial charge >= 0.3 is 0 Å². The van der Waals surface area contributed by atoms with Gasteiger partial charge in [0, 0.05) is 18.7 Å². The van der Waals surface area contributed by atoms with Crippen LogP contribution < -0.4 is 4.74 Å². The zero-order chi connectivity index (χ0) is 18.7. The van der Waals surface area contributed by atoms with Crippen LogP contribution in [0.5, 0.6) is 11.6 Å². The zero-order valence-corrected chi connectivity index (χ0v) is 13.7. The number of phenols is 1. The Morgan fingerprint density at radius 1 is 1.15 bits per heavy atom. The number of ketones is 1. The summed E-state index contributed by atoms with van der Waals surface area (Å²) in [7, 11) is 1.54. The van der Waals surface area contributed by atoms with Gasteiger partial charge in [0.2, 0.25) is 5.88 Å². The first-order chi connectivity index (χ1) is 12.5. The van der Waals surface area contributed by atoms with E-state index in [1.54, 1.807) is 0 Å². The summed E-state index contributed by atoms with van der Waals surface area (Å²) < 4.78 is 37.6. The smallest absolute Gasteiger partial charge is 0.232 e. The summed E-state index contributed by atoms with van der Waals surface area (Å²) in [4.78, 5) is 20.9. The fourth-order valence-electron chi connectivity index (χ4n) is 2.33. The quantitative estimate of drug-likeness (QED) is 0.538. The van der Waals surface area contributed by atoms with Gasteiger partial charge in [-0.1, -0.05) is 0 Å². The zero-order valence-electron chi connectivity index (χ0n) is 13.7. The van der Waals surface area contributed by atoms with Crippen molar-refractivity contribution in [3.8, 4) is 11.6 Å². The highest BCUT2D eigenvalue weighted by Crippen LogP contribution is 2.23. The van der Waals surface area contributed by atoms with Crippen LogP contribution in [-0.4, -0.2) is 41.2 Å². The minimum atomic E-state index is -1.32. The topological polar surface area (TPSA) is 81.5 Å². The predicted molar refractivity (Wildman–Crippen MR) is 88.4 cm³/mol. The number of methoxy groups -OCH3 is 1. The van der Waals surface area contributed by atoms with Crippen LogP contribution in [0.4, 0.5) is 8.78 Å². The van der Waals surface area contributed by atoms with Crippen LogP contribution in [0.2, 0.25) is 0 Å². The van der Waals surface area contributed by atoms with Gasteiger partial charge < -0.3 is 14.6 Å². The average molecular weight is 360 g/mol. The Balaban J connectivity index is 1.96. The molecule has 0 aliphatic carbocycles. The highest BCUT2D eigenvalue weighted by Gasteiger charge is 2.19. The number of aromatic nitrogens is 2. The Hall–Kier alpha value is -3.13. The van der Waals surface area contributed by atoms with Crippen LogP contribution in [0.1, 0.15) is 15.9 Å². The predicted octanol–water partition coefficient (Wildman–Crippen LogP) is 2.87. The van der Waals surface area contributed by atoms with Crippen LogP contribution in [0.25, 0.3) is 11.0 Å². The van der Waals surface area contributed by atoms with Gasteiger partial charge in [-0.25, -0.2) is 18.7 Å². The molecule has 0 amide bonds. The Morgan fingerprint density at radius 3 is 2.73 bits per heavy atom. The molecule has 1 heterocycles. The van der Waals surface area contributed by atoms with E-state index in [1.165, 1.54) is 31.5 Å². The number of benzene rings is 2. The van der Waals surface area contributed by atoms with Crippen molar-refractivity contribution in [2.24, 2.45) is 0 Å². The third-order valence-electron chi connectivity index (χ3n) is 3.58. The fourth-order valence-corrected chi connectivity index (χ4v) is 2.33. The van der Waals surface area contributed by atoms with Crippen molar-refractivity contribution in [3.05, 3.63) is 59.3 Å². The molecule has 0 saturated heterocycles. The van der Waals surface area contributed by atoms with E-state index in [2.05, 4.69) is 9.97 Å². The number of carbonyl (C=O) groups is 1. The van der Waals surface area contributed by atoms with Crippen LogP contribution in [-0.2, 0) is 4.74 Å². The van der Waals surface area contributed by atoms with Gasteiger partial charge in [0.15, 0.2) is 17.4 Å². The minimum absolute atomic E-state index is 0.0738. The molecule has 0 atom stereocenters. The molecule has 0 spiro atoms. The van der Waals surface area contributed by atoms with Gasteiger partial charge in [-0.05, 0) is 24.3 Å². The lowest BCUT2D eigenvalue weighted by molar-refractivity contribution is 0.103. The molecule has 2 aromatic carbocycles. The molecule has 134 valence electrons. The maximum atomic E-state index is 13.9. The Kier molecular flexibility index (Phi) is 5.04. The number of hydrogen-bond donors (Lipinski definition) is 1. The number of fused-ring (bicyclic) bond motifs is 1. The lowest BCUT2D eigenvalue weighted by Gasteiger charge is -2.07. The van der Waals surface area contributed by atoms with Crippen LogP contribution in [0, 0.1) is 11.6 Å². The standard InChI is InChI=1S/C18H14F2N2O4/c1-25-4-5-26-16-9-21-14-3-2-10(6-15(14)22-16)18(24)12-7-11(23)8-13(19)17(12)20/h2-3,6-9,23H,4-5H2,1H3.